The predicted molar refractivity (Wildman–Crippen MR) is 131 cm³/mol. The summed E-state index contributed by atoms with van der Waals surface area (Å²) in [6.45, 7) is 15.1. The number of nitrogens with one attached hydrogen (secondary N) is 1. The quantitative estimate of drug-likeness (QED) is 0.471. The molecule has 1 aliphatic rings. The van der Waals surface area contributed by atoms with Crippen LogP contribution in [0, 0.1) is 5.41 Å². The first-order chi connectivity index (χ1) is 14.5. The molecular weight excluding hydrogens is 388 g/mol. The third-order valence-electron chi connectivity index (χ3n) is 4.84. The zero-order chi connectivity index (χ0) is 24.0. The molecule has 0 radical (unpaired) electrons. The Balaban J connectivity index is 0.000000639. The molecule has 0 aromatic carbocycles. The second kappa shape index (κ2) is 14.4. The summed E-state index contributed by atoms with van der Waals surface area (Å²) in [6.07, 6.45) is 14.2. The summed E-state index contributed by atoms with van der Waals surface area (Å²) in [4.78, 5) is 11.9. The van der Waals surface area contributed by atoms with E-state index in [2.05, 4.69) is 18.5 Å². The minimum absolute atomic E-state index is 0.0226. The van der Waals surface area contributed by atoms with Gasteiger partial charge in [-0.25, -0.2) is 0 Å². The van der Waals surface area contributed by atoms with Gasteiger partial charge in [0.1, 0.15) is 5.78 Å². The van der Waals surface area contributed by atoms with Gasteiger partial charge in [0.05, 0.1) is 24.1 Å². The van der Waals surface area contributed by atoms with Gasteiger partial charge in [-0.15, -0.1) is 0 Å². The molecule has 0 heterocycles. The summed E-state index contributed by atoms with van der Waals surface area (Å²) in [6, 6.07) is 0. The first kappa shape index (κ1) is 28.4. The number of allylic oxidation sites excluding steroid dienone is 6. The van der Waals surface area contributed by atoms with E-state index in [4.69, 9.17) is 15.6 Å². The number of aliphatic hydroxyl groups excluding tert-OH is 1. The normalized spacial score (nSPS) is 17.3. The van der Waals surface area contributed by atoms with Crippen molar-refractivity contribution in [1.82, 2.24) is 5.32 Å². The first-order valence-electron chi connectivity index (χ1n) is 10.4. The maximum Gasteiger partial charge on any atom is 0.138 e. The fourth-order valence-electron chi connectivity index (χ4n) is 2.61. The SMILES string of the molecule is C=C/C(=C\C(C)=C(/C=C)CO)CCC(=O)C(C)(C)C.CNC1=C(N)C=CC(OC)C=C1. The smallest absolute Gasteiger partial charge is 0.138 e. The fourth-order valence-corrected chi connectivity index (χ4v) is 2.61. The van der Waals surface area contributed by atoms with E-state index in [0.29, 0.717) is 12.8 Å². The Morgan fingerprint density at radius 3 is 2.29 bits per heavy atom. The average Bonchev–Trinajstić information content (AvgIpc) is 2.92. The molecule has 5 heteroatoms. The van der Waals surface area contributed by atoms with Crippen molar-refractivity contribution in [1.29, 1.82) is 0 Å². The predicted octanol–water partition coefficient (Wildman–Crippen LogP) is 4.51. The zero-order valence-electron chi connectivity index (χ0n) is 20.0. The van der Waals surface area contributed by atoms with Crippen molar-refractivity contribution in [2.45, 2.75) is 46.6 Å². The van der Waals surface area contributed by atoms with Crippen LogP contribution in [0.4, 0.5) is 0 Å². The van der Waals surface area contributed by atoms with Crippen LogP contribution in [-0.4, -0.2) is 37.8 Å². The number of aliphatic hydroxyl groups is 1. The van der Waals surface area contributed by atoms with E-state index in [1.54, 1.807) is 19.3 Å². The van der Waals surface area contributed by atoms with Crippen molar-refractivity contribution in [2.24, 2.45) is 11.1 Å². The number of ether oxygens (including phenoxy) is 1. The highest BCUT2D eigenvalue weighted by atomic mass is 16.5. The third kappa shape index (κ3) is 10.8. The summed E-state index contributed by atoms with van der Waals surface area (Å²) < 4.78 is 5.13. The van der Waals surface area contributed by atoms with E-state index in [0.717, 1.165) is 28.1 Å². The molecule has 0 spiro atoms. The van der Waals surface area contributed by atoms with Gasteiger partial charge in [0.25, 0.3) is 0 Å². The fraction of sp³-hybridized carbons (Fsp3) is 0.423. The summed E-state index contributed by atoms with van der Waals surface area (Å²) in [5, 5.41) is 12.2. The van der Waals surface area contributed by atoms with Gasteiger partial charge in [-0.05, 0) is 54.4 Å². The number of likely N-dealkylation sites (N-methyl/N-ethyl adjacent to an activating group) is 1. The molecule has 0 aromatic rings. The highest BCUT2D eigenvalue weighted by Crippen LogP contribution is 2.21. The molecule has 5 nitrogen and oxygen atoms in total. The van der Waals surface area contributed by atoms with Gasteiger partial charge in [-0.2, -0.15) is 0 Å². The van der Waals surface area contributed by atoms with Crippen molar-refractivity contribution in [2.75, 3.05) is 20.8 Å². The van der Waals surface area contributed by atoms with Gasteiger partial charge in [0.2, 0.25) is 0 Å². The Morgan fingerprint density at radius 1 is 1.23 bits per heavy atom. The van der Waals surface area contributed by atoms with Crippen molar-refractivity contribution < 1.29 is 14.6 Å². The van der Waals surface area contributed by atoms with Gasteiger partial charge in [0, 0.05) is 26.0 Å². The molecule has 1 rings (SSSR count). The van der Waals surface area contributed by atoms with Gasteiger partial charge >= 0.3 is 0 Å². The lowest BCUT2D eigenvalue weighted by atomic mass is 9.87. The van der Waals surface area contributed by atoms with Crippen LogP contribution in [0.15, 0.2) is 83.8 Å². The number of ketones is 1. The van der Waals surface area contributed by atoms with Gasteiger partial charge in [-0.3, -0.25) is 4.79 Å². The lowest BCUT2D eigenvalue weighted by molar-refractivity contribution is -0.126. The highest BCUT2D eigenvalue weighted by molar-refractivity contribution is 5.83. The Kier molecular flexibility index (Phi) is 13.2. The van der Waals surface area contributed by atoms with Gasteiger partial charge < -0.3 is 20.9 Å². The van der Waals surface area contributed by atoms with Crippen molar-refractivity contribution >= 4 is 5.78 Å². The maximum absolute atomic E-state index is 11.9. The molecule has 31 heavy (non-hydrogen) atoms. The molecular formula is C26H40N2O3. The van der Waals surface area contributed by atoms with Crippen LogP contribution in [0.5, 0.6) is 0 Å². The van der Waals surface area contributed by atoms with E-state index in [1.807, 2.05) is 65.1 Å². The molecule has 0 bridgehead atoms. The summed E-state index contributed by atoms with van der Waals surface area (Å²) in [5.74, 6) is 0.244. The lowest BCUT2D eigenvalue weighted by Gasteiger charge is -2.16. The van der Waals surface area contributed by atoms with E-state index in [1.165, 1.54) is 0 Å². The van der Waals surface area contributed by atoms with Crippen LogP contribution >= 0.6 is 0 Å². The van der Waals surface area contributed by atoms with Gasteiger partial charge in [-0.1, -0.05) is 52.2 Å². The van der Waals surface area contributed by atoms with Crippen LogP contribution in [0.25, 0.3) is 0 Å². The highest BCUT2D eigenvalue weighted by Gasteiger charge is 2.20. The number of nitrogens with two attached hydrogens (primary N) is 1. The largest absolute Gasteiger partial charge is 0.397 e. The molecule has 0 aromatic heterocycles. The van der Waals surface area contributed by atoms with E-state index >= 15 is 0 Å². The molecule has 4 N–H and O–H groups in total. The van der Waals surface area contributed by atoms with Crippen LogP contribution in [0.3, 0.4) is 0 Å². The van der Waals surface area contributed by atoms with Crippen molar-refractivity contribution in [3.05, 3.63) is 83.8 Å². The topological polar surface area (TPSA) is 84.6 Å². The Morgan fingerprint density at radius 2 is 1.84 bits per heavy atom. The van der Waals surface area contributed by atoms with Crippen molar-refractivity contribution in [3.63, 3.8) is 0 Å². The van der Waals surface area contributed by atoms with Crippen LogP contribution < -0.4 is 11.1 Å². The Bertz CT molecular complexity index is 775. The average molecular weight is 429 g/mol. The Labute approximate surface area is 188 Å². The van der Waals surface area contributed by atoms with Crippen LogP contribution in [0.1, 0.15) is 40.5 Å². The minimum Gasteiger partial charge on any atom is -0.397 e. The maximum atomic E-state index is 11.9. The molecule has 0 fully saturated rings. The molecule has 1 atom stereocenters. The molecule has 0 saturated heterocycles. The Hall–Kier alpha value is -2.63. The minimum atomic E-state index is -0.297. The first-order valence-corrected chi connectivity index (χ1v) is 10.4. The third-order valence-corrected chi connectivity index (χ3v) is 4.84. The van der Waals surface area contributed by atoms with E-state index in [9.17, 15) is 4.79 Å². The number of Topliss-reactive ketones (excluding diaryl/α,β-unsaturated/α-hetero) is 1. The van der Waals surface area contributed by atoms with E-state index in [-0.39, 0.29) is 23.9 Å². The number of hydrogen-bond donors (Lipinski definition) is 3. The molecule has 0 saturated carbocycles. The summed E-state index contributed by atoms with van der Waals surface area (Å²) in [7, 11) is 3.51. The number of carbonyl (C=O) groups excluding carboxylic acids is 1. The van der Waals surface area contributed by atoms with Gasteiger partial charge in [0.15, 0.2) is 0 Å². The number of rotatable bonds is 9. The second-order valence-electron chi connectivity index (χ2n) is 8.20. The molecule has 1 aliphatic carbocycles. The number of methoxy groups -OCH3 is 1. The monoisotopic (exact) mass is 428 g/mol. The summed E-state index contributed by atoms with van der Waals surface area (Å²) in [5.41, 5.74) is 9.83. The standard InChI is InChI=1S/C17H26O2.C9H14N2O/c1-7-14(9-10-16(19)17(4,5)6)11-13(3)15(8-2)12-18;1-11-9-6-4-7(12-2)3-5-8(9)10/h7-8,11,18H,1-2,9-10,12H2,3-6H3;3-7,11H,10H2,1-2H3/b14-11+,15-13+;. The molecule has 0 aliphatic heterocycles. The van der Waals surface area contributed by atoms with E-state index < -0.39 is 0 Å². The number of carbonyl (C=O) groups is 1. The lowest BCUT2D eigenvalue weighted by Crippen LogP contribution is -2.19. The van der Waals surface area contributed by atoms with Crippen LogP contribution in [0.2, 0.25) is 0 Å². The van der Waals surface area contributed by atoms with Crippen LogP contribution in [-0.2, 0) is 9.53 Å². The summed E-state index contributed by atoms with van der Waals surface area (Å²) >= 11 is 0. The molecule has 1 unspecified atom stereocenters. The zero-order valence-corrected chi connectivity index (χ0v) is 20.0. The second-order valence-corrected chi connectivity index (χ2v) is 8.20. The number of hydrogen-bond acceptors (Lipinski definition) is 5. The molecule has 0 amide bonds. The molecule has 172 valence electrons. The van der Waals surface area contributed by atoms with Crippen molar-refractivity contribution in [3.8, 4) is 0 Å².